The number of carbonyl (C=O) groups excluding carboxylic acids is 1. The molecule has 1 aromatic carbocycles. The van der Waals surface area contributed by atoms with E-state index in [2.05, 4.69) is 36.6 Å². The number of sulfonamides is 1. The molecule has 0 aliphatic rings. The summed E-state index contributed by atoms with van der Waals surface area (Å²) in [6, 6.07) is 6.90. The molecule has 0 saturated carbocycles. The molecule has 10 nitrogen and oxygen atoms in total. The molecular formula is C14H17BrN6O4S2. The number of nitrogens with zero attached hydrogens (tertiary/aromatic N) is 3. The number of carbonyl (C=O) groups is 1. The Balaban J connectivity index is 1.99. The molecule has 0 saturated heterocycles. The Labute approximate surface area is 168 Å². The molecular weight excluding hydrogens is 460 g/mol. The molecule has 0 radical (unpaired) electrons. The average molecular weight is 477 g/mol. The molecule has 0 aliphatic carbocycles. The van der Waals surface area contributed by atoms with Crippen molar-refractivity contribution in [1.82, 2.24) is 15.6 Å². The predicted molar refractivity (Wildman–Crippen MR) is 105 cm³/mol. The van der Waals surface area contributed by atoms with Gasteiger partial charge in [0.15, 0.2) is 16.6 Å². The van der Waals surface area contributed by atoms with Gasteiger partial charge >= 0.3 is 0 Å². The second-order valence-electron chi connectivity index (χ2n) is 5.48. The van der Waals surface area contributed by atoms with Crippen LogP contribution in [0.3, 0.4) is 0 Å². The molecule has 1 amide bonds. The van der Waals surface area contributed by atoms with Gasteiger partial charge in [0.25, 0.3) is 0 Å². The first-order valence-corrected chi connectivity index (χ1v) is 11.0. The van der Waals surface area contributed by atoms with Crippen LogP contribution in [-0.4, -0.2) is 48.0 Å². The molecule has 1 aromatic heterocycles. The molecule has 0 spiro atoms. The second-order valence-corrected chi connectivity index (χ2v) is 9.02. The normalized spacial score (nSPS) is 13.4. The number of halogens is 1. The quantitative estimate of drug-likeness (QED) is 0.285. The minimum absolute atomic E-state index is 0.128. The summed E-state index contributed by atoms with van der Waals surface area (Å²) in [4.78, 5) is 15.8. The zero-order chi connectivity index (χ0) is 20.0. The topological polar surface area (TPSA) is 167 Å². The number of amidine groups is 1. The fourth-order valence-electron chi connectivity index (χ4n) is 1.91. The largest absolute Gasteiger partial charge is 0.382 e. The van der Waals surface area contributed by atoms with Crippen molar-refractivity contribution >= 4 is 55.1 Å². The lowest BCUT2D eigenvalue weighted by atomic mass is 10.3. The van der Waals surface area contributed by atoms with Crippen LogP contribution in [-0.2, 0) is 14.8 Å². The van der Waals surface area contributed by atoms with Gasteiger partial charge in [-0.3, -0.25) is 4.79 Å². The summed E-state index contributed by atoms with van der Waals surface area (Å²) in [5, 5.41) is 15.3. The van der Waals surface area contributed by atoms with Crippen LogP contribution in [0.4, 0.5) is 5.69 Å². The fraction of sp³-hybridized carbons (Fsp3) is 0.286. The van der Waals surface area contributed by atoms with Crippen molar-refractivity contribution in [3.05, 3.63) is 34.4 Å². The molecule has 1 heterocycles. The minimum atomic E-state index is -3.87. The molecule has 5 N–H and O–H groups in total. The number of nitrogens with one attached hydrogen (secondary N) is 1. The van der Waals surface area contributed by atoms with Gasteiger partial charge in [-0.05, 0) is 35.4 Å². The van der Waals surface area contributed by atoms with E-state index < -0.39 is 21.7 Å². The Hall–Kier alpha value is -1.96. The summed E-state index contributed by atoms with van der Waals surface area (Å²) in [5.41, 5.74) is 6.90. The molecule has 0 unspecified atom stereocenters. The first kappa shape index (κ1) is 21.3. The highest BCUT2D eigenvalue weighted by Gasteiger charge is 2.18. The van der Waals surface area contributed by atoms with E-state index in [9.17, 15) is 13.2 Å². The van der Waals surface area contributed by atoms with Crippen LogP contribution in [0.1, 0.15) is 12.6 Å². The molecule has 27 heavy (non-hydrogen) atoms. The van der Waals surface area contributed by atoms with Crippen LogP contribution in [0, 0.1) is 0 Å². The second kappa shape index (κ2) is 9.30. The Morgan fingerprint density at radius 3 is 2.85 bits per heavy atom. The van der Waals surface area contributed by atoms with Gasteiger partial charge in [-0.15, -0.1) is 0 Å². The lowest BCUT2D eigenvalue weighted by Gasteiger charge is -2.12. The maximum atomic E-state index is 11.6. The number of nitrogens with two attached hydrogens (primary N) is 2. The minimum Gasteiger partial charge on any atom is -0.382 e. The van der Waals surface area contributed by atoms with E-state index in [1.807, 2.05) is 12.1 Å². The summed E-state index contributed by atoms with van der Waals surface area (Å²) < 4.78 is 27.4. The first-order chi connectivity index (χ1) is 12.6. The standard InChI is InChI=1S/C14H17BrN6O4S2/c1-8(18-11(22)7-27(17,23)24)6-26-14-12(20-25-21-14)13(16)19-10-4-2-3-9(15)5-10/h2-5,8H,6-7H2,1H3,(H2,16,19)(H,18,22)(H2,17,23,24)/t8-/m0/s1. The van der Waals surface area contributed by atoms with Crippen LogP contribution in [0.2, 0.25) is 0 Å². The van der Waals surface area contributed by atoms with E-state index in [1.165, 1.54) is 11.8 Å². The lowest BCUT2D eigenvalue weighted by Crippen LogP contribution is -2.39. The molecule has 0 bridgehead atoms. The van der Waals surface area contributed by atoms with E-state index in [0.29, 0.717) is 16.5 Å². The van der Waals surface area contributed by atoms with Crippen molar-refractivity contribution in [1.29, 1.82) is 0 Å². The number of amides is 1. The zero-order valence-electron chi connectivity index (χ0n) is 14.1. The molecule has 2 aromatic rings. The van der Waals surface area contributed by atoms with Crippen LogP contribution in [0.5, 0.6) is 0 Å². The smallest absolute Gasteiger partial charge is 0.236 e. The van der Waals surface area contributed by atoms with E-state index in [4.69, 9.17) is 15.5 Å². The SMILES string of the molecule is C[C@@H](CSc1nonc1C(N)=Nc1cccc(Br)c1)NC(=O)CS(N)(=O)=O. The van der Waals surface area contributed by atoms with Gasteiger partial charge in [0.2, 0.25) is 15.9 Å². The van der Waals surface area contributed by atoms with Crippen molar-refractivity contribution in [2.24, 2.45) is 15.9 Å². The van der Waals surface area contributed by atoms with Crippen molar-refractivity contribution in [2.75, 3.05) is 11.5 Å². The van der Waals surface area contributed by atoms with Crippen molar-refractivity contribution in [2.45, 2.75) is 18.0 Å². The summed E-state index contributed by atoms with van der Waals surface area (Å²) in [7, 11) is -3.87. The highest BCUT2D eigenvalue weighted by molar-refractivity contribution is 9.10. The van der Waals surface area contributed by atoms with Gasteiger partial charge in [-0.1, -0.05) is 33.8 Å². The third-order valence-corrected chi connectivity index (χ3v) is 5.33. The lowest BCUT2D eigenvalue weighted by molar-refractivity contribution is -0.119. The van der Waals surface area contributed by atoms with E-state index in [0.717, 1.165) is 4.47 Å². The molecule has 2 rings (SSSR count). The van der Waals surface area contributed by atoms with Gasteiger partial charge in [-0.25, -0.2) is 23.2 Å². The summed E-state index contributed by atoms with van der Waals surface area (Å²) in [6.07, 6.45) is 0. The van der Waals surface area contributed by atoms with Crippen LogP contribution >= 0.6 is 27.7 Å². The maximum Gasteiger partial charge on any atom is 0.236 e. The van der Waals surface area contributed by atoms with Crippen molar-refractivity contribution < 1.29 is 17.8 Å². The summed E-state index contributed by atoms with van der Waals surface area (Å²) in [5.74, 6) is -0.949. The van der Waals surface area contributed by atoms with Gasteiger partial charge in [0.05, 0.1) is 5.69 Å². The van der Waals surface area contributed by atoms with E-state index in [1.54, 1.807) is 19.1 Å². The maximum absolute atomic E-state index is 11.6. The first-order valence-electron chi connectivity index (χ1n) is 7.49. The van der Waals surface area contributed by atoms with Gasteiger partial charge in [0.1, 0.15) is 5.75 Å². The number of aromatic nitrogens is 2. The summed E-state index contributed by atoms with van der Waals surface area (Å²) in [6.45, 7) is 1.71. The highest BCUT2D eigenvalue weighted by Crippen LogP contribution is 2.22. The Morgan fingerprint density at radius 2 is 2.19 bits per heavy atom. The van der Waals surface area contributed by atoms with Gasteiger partial charge in [0, 0.05) is 16.3 Å². The molecule has 1 atom stereocenters. The van der Waals surface area contributed by atoms with Crippen LogP contribution in [0.25, 0.3) is 0 Å². The average Bonchev–Trinajstić information content (AvgIpc) is 2.99. The third-order valence-electron chi connectivity index (χ3n) is 2.97. The molecule has 146 valence electrons. The Morgan fingerprint density at radius 1 is 1.44 bits per heavy atom. The molecule has 0 aliphatic heterocycles. The Kier molecular flexibility index (Phi) is 7.35. The fourth-order valence-corrected chi connectivity index (χ4v) is 3.61. The number of hydrogen-bond donors (Lipinski definition) is 3. The number of aliphatic imine (C=N–C) groups is 1. The predicted octanol–water partition coefficient (Wildman–Crippen LogP) is 0.754. The number of rotatable bonds is 8. The monoisotopic (exact) mass is 476 g/mol. The van der Waals surface area contributed by atoms with E-state index >= 15 is 0 Å². The number of thioether (sulfide) groups is 1. The van der Waals surface area contributed by atoms with Crippen molar-refractivity contribution in [3.8, 4) is 0 Å². The van der Waals surface area contributed by atoms with Gasteiger partial charge in [-0.2, -0.15) is 0 Å². The molecule has 13 heteroatoms. The third kappa shape index (κ3) is 7.28. The highest BCUT2D eigenvalue weighted by atomic mass is 79.9. The number of primary sulfonamides is 1. The zero-order valence-corrected chi connectivity index (χ0v) is 17.3. The van der Waals surface area contributed by atoms with Crippen molar-refractivity contribution in [3.63, 3.8) is 0 Å². The van der Waals surface area contributed by atoms with Gasteiger partial charge < -0.3 is 11.1 Å². The summed E-state index contributed by atoms with van der Waals surface area (Å²) >= 11 is 4.58. The van der Waals surface area contributed by atoms with E-state index in [-0.39, 0.29) is 17.6 Å². The van der Waals surface area contributed by atoms with Crippen LogP contribution < -0.4 is 16.2 Å². The number of hydrogen-bond acceptors (Lipinski definition) is 8. The van der Waals surface area contributed by atoms with Crippen LogP contribution in [0.15, 0.2) is 43.4 Å². The molecule has 0 fully saturated rings. The number of benzene rings is 1. The Bertz CT molecular complexity index is 947.